The maximum absolute atomic E-state index is 13.2. The fourth-order valence-electron chi connectivity index (χ4n) is 2.86. The number of alkyl halides is 3. The second kappa shape index (κ2) is 9.31. The third kappa shape index (κ3) is 5.38. The summed E-state index contributed by atoms with van der Waals surface area (Å²) in [7, 11) is -2.64. The van der Waals surface area contributed by atoms with Gasteiger partial charge in [0, 0.05) is 5.69 Å². The lowest BCUT2D eigenvalue weighted by atomic mass is 10.2. The van der Waals surface area contributed by atoms with Gasteiger partial charge in [0.05, 0.1) is 23.3 Å². The van der Waals surface area contributed by atoms with Gasteiger partial charge in [-0.15, -0.1) is 0 Å². The molecule has 168 valence electrons. The van der Waals surface area contributed by atoms with Crippen LogP contribution in [0.2, 0.25) is 0 Å². The summed E-state index contributed by atoms with van der Waals surface area (Å²) in [5.41, 5.74) is -0.533. The molecule has 0 saturated heterocycles. The number of ether oxygens (including phenoxy) is 1. The normalized spacial score (nSPS) is 11.6. The topological polar surface area (TPSA) is 75.7 Å². The van der Waals surface area contributed by atoms with Gasteiger partial charge in [-0.3, -0.25) is 9.10 Å². The van der Waals surface area contributed by atoms with E-state index in [0.717, 1.165) is 28.6 Å². The number of carbonyl (C=O) groups is 1. The Morgan fingerprint density at radius 2 is 1.53 bits per heavy atom. The number of methoxy groups -OCH3 is 1. The molecule has 3 aromatic carbocycles. The maximum Gasteiger partial charge on any atom is 0.416 e. The van der Waals surface area contributed by atoms with Crippen molar-refractivity contribution >= 4 is 27.3 Å². The zero-order valence-corrected chi connectivity index (χ0v) is 17.7. The summed E-state index contributed by atoms with van der Waals surface area (Å²) in [5, 5.41) is 2.43. The van der Waals surface area contributed by atoms with E-state index in [2.05, 4.69) is 5.32 Å². The molecule has 0 saturated carbocycles. The molecule has 0 aliphatic rings. The highest BCUT2D eigenvalue weighted by molar-refractivity contribution is 7.92. The van der Waals surface area contributed by atoms with Gasteiger partial charge in [-0.05, 0) is 60.7 Å². The van der Waals surface area contributed by atoms with Gasteiger partial charge in [0.25, 0.3) is 10.0 Å². The molecular weight excluding hydrogens is 445 g/mol. The lowest BCUT2D eigenvalue weighted by molar-refractivity contribution is -0.137. The second-order valence-electron chi connectivity index (χ2n) is 6.65. The monoisotopic (exact) mass is 464 g/mol. The molecule has 0 atom stereocenters. The lowest BCUT2D eigenvalue weighted by Gasteiger charge is -2.24. The first-order valence-electron chi connectivity index (χ1n) is 9.30. The van der Waals surface area contributed by atoms with Crippen LogP contribution in [-0.4, -0.2) is 28.0 Å². The molecule has 0 bridgehead atoms. The van der Waals surface area contributed by atoms with Crippen molar-refractivity contribution in [3.63, 3.8) is 0 Å². The van der Waals surface area contributed by atoms with E-state index in [1.54, 1.807) is 30.3 Å². The molecule has 1 N–H and O–H groups in total. The third-order valence-corrected chi connectivity index (χ3v) is 6.26. The molecule has 0 heterocycles. The lowest BCUT2D eigenvalue weighted by Crippen LogP contribution is -2.38. The number of halogens is 3. The van der Waals surface area contributed by atoms with Crippen molar-refractivity contribution in [1.29, 1.82) is 0 Å². The van der Waals surface area contributed by atoms with Gasteiger partial charge in [0.15, 0.2) is 0 Å². The van der Waals surface area contributed by atoms with Crippen molar-refractivity contribution in [2.24, 2.45) is 0 Å². The smallest absolute Gasteiger partial charge is 0.416 e. The SMILES string of the molecule is COc1ccc(N(CC(=O)Nc2ccc(C(F)(F)F)cc2)S(=O)(=O)c2ccccc2)cc1. The fourth-order valence-corrected chi connectivity index (χ4v) is 4.30. The van der Waals surface area contributed by atoms with Crippen molar-refractivity contribution in [2.75, 3.05) is 23.3 Å². The fraction of sp³-hybridized carbons (Fsp3) is 0.136. The molecule has 3 aromatic rings. The minimum absolute atomic E-state index is 0.0156. The Labute approximate surface area is 183 Å². The van der Waals surface area contributed by atoms with Crippen LogP contribution >= 0.6 is 0 Å². The van der Waals surface area contributed by atoms with Crippen LogP contribution < -0.4 is 14.4 Å². The molecule has 10 heteroatoms. The van der Waals surface area contributed by atoms with E-state index in [1.807, 2.05) is 0 Å². The first-order chi connectivity index (χ1) is 15.1. The minimum atomic E-state index is -4.50. The Morgan fingerprint density at radius 3 is 2.06 bits per heavy atom. The van der Waals surface area contributed by atoms with Crippen LogP contribution in [0.3, 0.4) is 0 Å². The summed E-state index contributed by atoms with van der Waals surface area (Å²) in [6.45, 7) is -0.593. The zero-order chi connectivity index (χ0) is 23.4. The van der Waals surface area contributed by atoms with Gasteiger partial charge in [-0.1, -0.05) is 18.2 Å². The van der Waals surface area contributed by atoms with E-state index in [4.69, 9.17) is 4.74 Å². The first-order valence-corrected chi connectivity index (χ1v) is 10.7. The van der Waals surface area contributed by atoms with E-state index >= 15 is 0 Å². The highest BCUT2D eigenvalue weighted by atomic mass is 32.2. The summed E-state index contributed by atoms with van der Waals surface area (Å²) >= 11 is 0. The summed E-state index contributed by atoms with van der Waals surface area (Å²) in [6, 6.07) is 17.5. The molecule has 32 heavy (non-hydrogen) atoms. The molecule has 0 fully saturated rings. The zero-order valence-electron chi connectivity index (χ0n) is 16.8. The summed E-state index contributed by atoms with van der Waals surface area (Å²) in [6.07, 6.45) is -4.50. The van der Waals surface area contributed by atoms with Crippen molar-refractivity contribution < 1.29 is 31.1 Å². The van der Waals surface area contributed by atoms with Crippen LogP contribution in [0.25, 0.3) is 0 Å². The number of hydrogen-bond acceptors (Lipinski definition) is 4. The standard InChI is InChI=1S/C22H19F3N2O4S/c1-31-19-13-11-18(12-14-19)27(32(29,30)20-5-3-2-4-6-20)15-21(28)26-17-9-7-16(8-10-17)22(23,24)25/h2-14H,15H2,1H3,(H,26,28). The number of hydrogen-bond donors (Lipinski definition) is 1. The molecule has 1 amide bonds. The van der Waals surface area contributed by atoms with Crippen molar-refractivity contribution in [3.8, 4) is 5.75 Å². The van der Waals surface area contributed by atoms with Crippen molar-refractivity contribution in [3.05, 3.63) is 84.4 Å². The predicted molar refractivity (Wildman–Crippen MR) is 114 cm³/mol. The summed E-state index contributed by atoms with van der Waals surface area (Å²) < 4.78 is 70.6. The number of rotatable bonds is 7. The molecule has 6 nitrogen and oxygen atoms in total. The van der Waals surface area contributed by atoms with E-state index < -0.39 is 34.2 Å². The van der Waals surface area contributed by atoms with Crippen LogP contribution in [0.15, 0.2) is 83.8 Å². The minimum Gasteiger partial charge on any atom is -0.497 e. The van der Waals surface area contributed by atoms with Crippen molar-refractivity contribution in [2.45, 2.75) is 11.1 Å². The molecule has 0 aromatic heterocycles. The Kier molecular flexibility index (Phi) is 6.73. The summed E-state index contributed by atoms with van der Waals surface area (Å²) in [5.74, 6) is -0.222. The second-order valence-corrected chi connectivity index (χ2v) is 8.51. The Hall–Kier alpha value is -3.53. The molecule has 0 aliphatic carbocycles. The van der Waals surface area contributed by atoms with E-state index in [9.17, 15) is 26.4 Å². The Morgan fingerprint density at radius 1 is 0.938 bits per heavy atom. The summed E-state index contributed by atoms with van der Waals surface area (Å²) in [4.78, 5) is 12.6. The largest absolute Gasteiger partial charge is 0.497 e. The van der Waals surface area contributed by atoms with Crippen LogP contribution in [0.4, 0.5) is 24.5 Å². The van der Waals surface area contributed by atoms with Gasteiger partial charge in [0.1, 0.15) is 12.3 Å². The number of anilines is 2. The van der Waals surface area contributed by atoms with Gasteiger partial charge in [-0.2, -0.15) is 13.2 Å². The van der Waals surface area contributed by atoms with Crippen molar-refractivity contribution in [1.82, 2.24) is 0 Å². The highest BCUT2D eigenvalue weighted by Crippen LogP contribution is 2.30. The average Bonchev–Trinajstić information content (AvgIpc) is 2.78. The van der Waals surface area contributed by atoms with Gasteiger partial charge in [-0.25, -0.2) is 8.42 Å². The molecule has 3 rings (SSSR count). The maximum atomic E-state index is 13.2. The van der Waals surface area contributed by atoms with Crippen LogP contribution in [0, 0.1) is 0 Å². The molecular formula is C22H19F3N2O4S. The number of sulfonamides is 1. The number of carbonyl (C=O) groups excluding carboxylic acids is 1. The Balaban J connectivity index is 1.87. The average molecular weight is 464 g/mol. The quantitative estimate of drug-likeness (QED) is 0.557. The number of benzene rings is 3. The molecule has 0 spiro atoms. The Bertz CT molecular complexity index is 1160. The molecule has 0 aliphatic heterocycles. The van der Waals surface area contributed by atoms with E-state index in [-0.39, 0.29) is 16.3 Å². The van der Waals surface area contributed by atoms with E-state index in [0.29, 0.717) is 5.75 Å². The van der Waals surface area contributed by atoms with Gasteiger partial charge in [0.2, 0.25) is 5.91 Å². The molecule has 0 radical (unpaired) electrons. The number of nitrogens with zero attached hydrogens (tertiary/aromatic N) is 1. The number of nitrogens with one attached hydrogen (secondary N) is 1. The number of amides is 1. The predicted octanol–water partition coefficient (Wildman–Crippen LogP) is 4.55. The van der Waals surface area contributed by atoms with Crippen LogP contribution in [-0.2, 0) is 21.0 Å². The van der Waals surface area contributed by atoms with Gasteiger partial charge >= 0.3 is 6.18 Å². The van der Waals surface area contributed by atoms with Crippen LogP contribution in [0.5, 0.6) is 5.75 Å². The third-order valence-electron chi connectivity index (χ3n) is 4.47. The first kappa shape index (κ1) is 23.1. The van der Waals surface area contributed by atoms with Gasteiger partial charge < -0.3 is 10.1 Å². The van der Waals surface area contributed by atoms with Crippen LogP contribution in [0.1, 0.15) is 5.56 Å². The van der Waals surface area contributed by atoms with E-state index in [1.165, 1.54) is 31.4 Å². The highest BCUT2D eigenvalue weighted by Gasteiger charge is 2.30. The molecule has 0 unspecified atom stereocenters.